The van der Waals surface area contributed by atoms with E-state index in [1.54, 1.807) is 12.4 Å². The molecule has 5 nitrogen and oxygen atoms in total. The van der Waals surface area contributed by atoms with Crippen molar-refractivity contribution in [1.29, 1.82) is 0 Å². The van der Waals surface area contributed by atoms with Crippen LogP contribution in [-0.2, 0) is 13.0 Å². The minimum Gasteiger partial charge on any atom is -0.348 e. The number of carbonyl (C=O) groups excluding carboxylic acids is 1. The molecule has 0 saturated heterocycles. The smallest absolute Gasteiger partial charge is 0.251 e. The Morgan fingerprint density at radius 3 is 2.95 bits per heavy atom. The molecular formula is C14H18N4O. The van der Waals surface area contributed by atoms with Crippen LogP contribution in [0.2, 0.25) is 0 Å². The van der Waals surface area contributed by atoms with Gasteiger partial charge in [0.2, 0.25) is 0 Å². The van der Waals surface area contributed by atoms with Gasteiger partial charge in [0.15, 0.2) is 0 Å². The molecule has 1 heterocycles. The van der Waals surface area contributed by atoms with Crippen molar-refractivity contribution < 1.29 is 4.79 Å². The third-order valence-corrected chi connectivity index (χ3v) is 2.91. The van der Waals surface area contributed by atoms with Crippen LogP contribution >= 0.6 is 0 Å². The molecule has 0 aliphatic heterocycles. The van der Waals surface area contributed by atoms with E-state index >= 15 is 0 Å². The first kappa shape index (κ1) is 13.3. The SMILES string of the molecule is CNCCc1ccccc1C(=O)NCc1cn[nH]c1. The second-order valence-electron chi connectivity index (χ2n) is 4.30. The van der Waals surface area contributed by atoms with Gasteiger partial charge < -0.3 is 10.6 Å². The highest BCUT2D eigenvalue weighted by Gasteiger charge is 2.10. The lowest BCUT2D eigenvalue weighted by molar-refractivity contribution is 0.0950. The van der Waals surface area contributed by atoms with Gasteiger partial charge in [-0.15, -0.1) is 0 Å². The van der Waals surface area contributed by atoms with Crippen molar-refractivity contribution in [2.45, 2.75) is 13.0 Å². The Balaban J connectivity index is 2.01. The molecule has 0 radical (unpaired) electrons. The molecule has 2 rings (SSSR count). The Kier molecular flexibility index (Phi) is 4.69. The molecule has 3 N–H and O–H groups in total. The third-order valence-electron chi connectivity index (χ3n) is 2.91. The normalized spacial score (nSPS) is 10.4. The Hall–Kier alpha value is -2.14. The van der Waals surface area contributed by atoms with Crippen LogP contribution in [0.3, 0.4) is 0 Å². The van der Waals surface area contributed by atoms with E-state index in [9.17, 15) is 4.79 Å². The summed E-state index contributed by atoms with van der Waals surface area (Å²) in [7, 11) is 1.90. The lowest BCUT2D eigenvalue weighted by atomic mass is 10.0. The first-order valence-electron chi connectivity index (χ1n) is 6.29. The molecule has 0 bridgehead atoms. The molecule has 19 heavy (non-hydrogen) atoms. The number of nitrogens with zero attached hydrogens (tertiary/aromatic N) is 1. The van der Waals surface area contributed by atoms with Gasteiger partial charge in [-0.05, 0) is 31.6 Å². The molecule has 0 saturated carbocycles. The number of likely N-dealkylation sites (N-methyl/N-ethyl adjacent to an activating group) is 1. The van der Waals surface area contributed by atoms with Crippen molar-refractivity contribution in [2.75, 3.05) is 13.6 Å². The van der Waals surface area contributed by atoms with Crippen LogP contribution in [0.15, 0.2) is 36.7 Å². The lowest BCUT2D eigenvalue weighted by Gasteiger charge is -2.09. The van der Waals surface area contributed by atoms with Gasteiger partial charge in [-0.1, -0.05) is 18.2 Å². The highest BCUT2D eigenvalue weighted by molar-refractivity contribution is 5.95. The fourth-order valence-electron chi connectivity index (χ4n) is 1.87. The van der Waals surface area contributed by atoms with Crippen LogP contribution in [-0.4, -0.2) is 29.7 Å². The van der Waals surface area contributed by atoms with E-state index in [4.69, 9.17) is 0 Å². The molecule has 5 heteroatoms. The molecule has 0 fully saturated rings. The molecule has 0 aliphatic carbocycles. The minimum absolute atomic E-state index is 0.0482. The van der Waals surface area contributed by atoms with Gasteiger partial charge in [-0.3, -0.25) is 9.89 Å². The summed E-state index contributed by atoms with van der Waals surface area (Å²) in [6.07, 6.45) is 4.31. The molecule has 2 aromatic rings. The summed E-state index contributed by atoms with van der Waals surface area (Å²) in [6.45, 7) is 1.34. The van der Waals surface area contributed by atoms with E-state index in [0.29, 0.717) is 6.54 Å². The summed E-state index contributed by atoms with van der Waals surface area (Å²) in [6, 6.07) is 7.69. The summed E-state index contributed by atoms with van der Waals surface area (Å²) in [5.41, 5.74) is 2.75. The summed E-state index contributed by atoms with van der Waals surface area (Å²) in [4.78, 5) is 12.2. The van der Waals surface area contributed by atoms with E-state index in [2.05, 4.69) is 20.8 Å². The highest BCUT2D eigenvalue weighted by Crippen LogP contribution is 2.09. The van der Waals surface area contributed by atoms with Crippen LogP contribution in [0.4, 0.5) is 0 Å². The van der Waals surface area contributed by atoms with Gasteiger partial charge in [-0.2, -0.15) is 5.10 Å². The molecular weight excluding hydrogens is 240 g/mol. The Morgan fingerprint density at radius 1 is 1.37 bits per heavy atom. The van der Waals surface area contributed by atoms with Crippen molar-refractivity contribution in [2.24, 2.45) is 0 Å². The average molecular weight is 258 g/mol. The molecule has 0 spiro atoms. The monoisotopic (exact) mass is 258 g/mol. The summed E-state index contributed by atoms with van der Waals surface area (Å²) >= 11 is 0. The standard InChI is InChI=1S/C14H18N4O/c1-15-7-6-12-4-2-3-5-13(12)14(19)16-8-11-9-17-18-10-11/h2-5,9-10,15H,6-8H2,1H3,(H,16,19)(H,17,18). The summed E-state index contributed by atoms with van der Waals surface area (Å²) < 4.78 is 0. The summed E-state index contributed by atoms with van der Waals surface area (Å²) in [5.74, 6) is -0.0482. The number of aromatic amines is 1. The first-order chi connectivity index (χ1) is 9.31. The molecule has 1 aromatic carbocycles. The number of aromatic nitrogens is 2. The molecule has 100 valence electrons. The Bertz CT molecular complexity index is 522. The van der Waals surface area contributed by atoms with Gasteiger partial charge >= 0.3 is 0 Å². The van der Waals surface area contributed by atoms with Gasteiger partial charge in [0.05, 0.1) is 6.20 Å². The van der Waals surface area contributed by atoms with Crippen LogP contribution in [0.1, 0.15) is 21.5 Å². The Labute approximate surface area is 112 Å². The number of H-pyrrole nitrogens is 1. The largest absolute Gasteiger partial charge is 0.348 e. The molecule has 0 aliphatic rings. The zero-order valence-electron chi connectivity index (χ0n) is 10.9. The van der Waals surface area contributed by atoms with Gasteiger partial charge in [0, 0.05) is 23.9 Å². The molecule has 1 aromatic heterocycles. The predicted octanol–water partition coefficient (Wildman–Crippen LogP) is 1.10. The van der Waals surface area contributed by atoms with E-state index in [1.165, 1.54) is 0 Å². The number of rotatable bonds is 6. The number of benzene rings is 1. The topological polar surface area (TPSA) is 69.8 Å². The highest BCUT2D eigenvalue weighted by atomic mass is 16.1. The van der Waals surface area contributed by atoms with Crippen LogP contribution in [0.5, 0.6) is 0 Å². The van der Waals surface area contributed by atoms with E-state index < -0.39 is 0 Å². The number of nitrogens with one attached hydrogen (secondary N) is 3. The quantitative estimate of drug-likeness (QED) is 0.726. The fraction of sp³-hybridized carbons (Fsp3) is 0.286. The minimum atomic E-state index is -0.0482. The Morgan fingerprint density at radius 2 is 2.21 bits per heavy atom. The van der Waals surface area contributed by atoms with Gasteiger partial charge in [0.1, 0.15) is 0 Å². The molecule has 0 atom stereocenters. The number of amides is 1. The maximum absolute atomic E-state index is 12.2. The second-order valence-corrected chi connectivity index (χ2v) is 4.30. The number of hydrogen-bond donors (Lipinski definition) is 3. The number of hydrogen-bond acceptors (Lipinski definition) is 3. The fourth-order valence-corrected chi connectivity index (χ4v) is 1.87. The maximum atomic E-state index is 12.2. The van der Waals surface area contributed by atoms with Crippen LogP contribution in [0.25, 0.3) is 0 Å². The summed E-state index contributed by atoms with van der Waals surface area (Å²) in [5, 5.41) is 12.6. The lowest BCUT2D eigenvalue weighted by Crippen LogP contribution is -2.24. The van der Waals surface area contributed by atoms with Crippen LogP contribution < -0.4 is 10.6 Å². The van der Waals surface area contributed by atoms with Crippen LogP contribution in [0, 0.1) is 0 Å². The van der Waals surface area contributed by atoms with Gasteiger partial charge in [0.25, 0.3) is 5.91 Å². The predicted molar refractivity (Wildman–Crippen MR) is 73.8 cm³/mol. The van der Waals surface area contributed by atoms with Gasteiger partial charge in [-0.25, -0.2) is 0 Å². The van der Waals surface area contributed by atoms with Crippen molar-refractivity contribution in [3.63, 3.8) is 0 Å². The van der Waals surface area contributed by atoms with E-state index in [0.717, 1.165) is 29.7 Å². The molecule has 0 unspecified atom stereocenters. The zero-order valence-corrected chi connectivity index (χ0v) is 10.9. The van der Waals surface area contributed by atoms with E-state index in [-0.39, 0.29) is 5.91 Å². The van der Waals surface area contributed by atoms with Crippen molar-refractivity contribution in [1.82, 2.24) is 20.8 Å². The first-order valence-corrected chi connectivity index (χ1v) is 6.29. The van der Waals surface area contributed by atoms with E-state index in [1.807, 2.05) is 31.3 Å². The number of carbonyl (C=O) groups is 1. The zero-order chi connectivity index (χ0) is 13.5. The second kappa shape index (κ2) is 6.70. The average Bonchev–Trinajstić information content (AvgIpc) is 2.96. The van der Waals surface area contributed by atoms with Crippen molar-refractivity contribution in [3.8, 4) is 0 Å². The van der Waals surface area contributed by atoms with Crippen molar-refractivity contribution >= 4 is 5.91 Å². The molecule has 1 amide bonds. The third kappa shape index (κ3) is 3.66. The van der Waals surface area contributed by atoms with Crippen molar-refractivity contribution in [3.05, 3.63) is 53.3 Å². The maximum Gasteiger partial charge on any atom is 0.251 e.